The number of fused-ring (bicyclic) bond motifs is 1. The number of ether oxygens (including phenoxy) is 3. The van der Waals surface area contributed by atoms with Gasteiger partial charge in [-0.15, -0.1) is 0 Å². The molecule has 0 aliphatic heterocycles. The van der Waals surface area contributed by atoms with E-state index in [0.29, 0.717) is 29.3 Å². The van der Waals surface area contributed by atoms with Crippen molar-refractivity contribution in [3.63, 3.8) is 0 Å². The maximum absolute atomic E-state index is 12.3. The summed E-state index contributed by atoms with van der Waals surface area (Å²) in [7, 11) is 1.26. The Morgan fingerprint density at radius 3 is 2.62 bits per heavy atom. The van der Waals surface area contributed by atoms with E-state index in [2.05, 4.69) is 4.74 Å². The summed E-state index contributed by atoms with van der Waals surface area (Å²) in [5.74, 6) is -0.0234. The predicted octanol–water partition coefficient (Wildman–Crippen LogP) is 3.88. The maximum atomic E-state index is 12.3. The first-order chi connectivity index (χ1) is 12.5. The van der Waals surface area contributed by atoms with Gasteiger partial charge >= 0.3 is 11.9 Å². The Morgan fingerprint density at radius 1 is 1.08 bits per heavy atom. The van der Waals surface area contributed by atoms with Gasteiger partial charge < -0.3 is 23.0 Å². The topological polar surface area (TPSA) is 88.1 Å². The summed E-state index contributed by atoms with van der Waals surface area (Å²) in [4.78, 5) is 23.7. The highest BCUT2D eigenvalue weighted by atomic mass is 16.6. The third-order valence-electron chi connectivity index (χ3n) is 3.80. The normalized spacial score (nSPS) is 10.7. The summed E-state index contributed by atoms with van der Waals surface area (Å²) >= 11 is 0. The zero-order valence-electron chi connectivity index (χ0n) is 14.7. The largest absolute Gasteiger partial charge is 0.494 e. The minimum absolute atomic E-state index is 0.0434. The van der Waals surface area contributed by atoms with Crippen molar-refractivity contribution in [1.29, 1.82) is 0 Å². The molecule has 0 saturated carbocycles. The SMILES string of the molecule is CCOc1ccc2oc(C(=O)OCc3ccc(C(=O)OC)o3)c(C)c2c1. The highest BCUT2D eigenvalue weighted by molar-refractivity contribution is 5.96. The number of carbonyl (C=O) groups excluding carboxylic acids is 2. The second-order valence-corrected chi connectivity index (χ2v) is 5.48. The summed E-state index contributed by atoms with van der Waals surface area (Å²) in [6.45, 7) is 4.10. The summed E-state index contributed by atoms with van der Waals surface area (Å²) in [5.41, 5.74) is 1.24. The van der Waals surface area contributed by atoms with Gasteiger partial charge in [0.1, 0.15) is 23.7 Å². The van der Waals surface area contributed by atoms with E-state index in [9.17, 15) is 9.59 Å². The Labute approximate surface area is 149 Å². The van der Waals surface area contributed by atoms with Gasteiger partial charge in [0.15, 0.2) is 0 Å². The molecule has 0 unspecified atom stereocenters. The van der Waals surface area contributed by atoms with E-state index in [4.69, 9.17) is 18.3 Å². The molecule has 3 rings (SSSR count). The van der Waals surface area contributed by atoms with Crippen molar-refractivity contribution in [2.75, 3.05) is 13.7 Å². The van der Waals surface area contributed by atoms with Crippen LogP contribution in [0.15, 0.2) is 39.2 Å². The molecule has 26 heavy (non-hydrogen) atoms. The van der Waals surface area contributed by atoms with Gasteiger partial charge in [0.05, 0.1) is 13.7 Å². The first-order valence-electron chi connectivity index (χ1n) is 8.03. The fourth-order valence-corrected chi connectivity index (χ4v) is 2.52. The zero-order valence-corrected chi connectivity index (χ0v) is 14.7. The monoisotopic (exact) mass is 358 g/mol. The molecule has 0 fully saturated rings. The molecular weight excluding hydrogens is 340 g/mol. The van der Waals surface area contributed by atoms with Crippen molar-refractivity contribution >= 4 is 22.9 Å². The number of hydrogen-bond acceptors (Lipinski definition) is 7. The lowest BCUT2D eigenvalue weighted by atomic mass is 10.1. The number of rotatable bonds is 6. The average Bonchev–Trinajstić information content (AvgIpc) is 3.25. The Bertz CT molecular complexity index is 948. The average molecular weight is 358 g/mol. The molecule has 7 nitrogen and oxygen atoms in total. The van der Waals surface area contributed by atoms with E-state index in [1.807, 2.05) is 13.0 Å². The molecule has 2 heterocycles. The molecule has 0 aliphatic rings. The van der Waals surface area contributed by atoms with Crippen LogP contribution in [-0.4, -0.2) is 25.7 Å². The first kappa shape index (κ1) is 17.6. The number of benzene rings is 1. The summed E-state index contributed by atoms with van der Waals surface area (Å²) in [5, 5.41) is 0.786. The Hall–Kier alpha value is -3.22. The Balaban J connectivity index is 1.74. The molecule has 0 aliphatic carbocycles. The minimum Gasteiger partial charge on any atom is -0.494 e. The quantitative estimate of drug-likeness (QED) is 0.618. The second kappa shape index (κ2) is 7.35. The smallest absolute Gasteiger partial charge is 0.375 e. The molecule has 0 N–H and O–H groups in total. The van der Waals surface area contributed by atoms with Crippen LogP contribution in [0, 0.1) is 6.92 Å². The molecular formula is C19H18O7. The van der Waals surface area contributed by atoms with Crippen LogP contribution < -0.4 is 4.74 Å². The lowest BCUT2D eigenvalue weighted by Gasteiger charge is -2.02. The Morgan fingerprint density at radius 2 is 1.88 bits per heavy atom. The molecule has 1 aromatic carbocycles. The number of hydrogen-bond donors (Lipinski definition) is 0. The van der Waals surface area contributed by atoms with Crippen LogP contribution in [0.2, 0.25) is 0 Å². The number of esters is 2. The first-order valence-corrected chi connectivity index (χ1v) is 8.03. The van der Waals surface area contributed by atoms with Crippen molar-refractivity contribution in [2.24, 2.45) is 0 Å². The lowest BCUT2D eigenvalue weighted by Crippen LogP contribution is -2.05. The number of aryl methyl sites for hydroxylation is 1. The summed E-state index contributed by atoms with van der Waals surface area (Å²) < 4.78 is 26.1. The standard InChI is InChI=1S/C19H18O7/c1-4-23-12-5-7-15-14(9-12)11(2)17(26-15)19(21)24-10-13-6-8-16(25-13)18(20)22-3/h5-9H,4,10H2,1-3H3. The van der Waals surface area contributed by atoms with Gasteiger partial charge in [-0.2, -0.15) is 0 Å². The van der Waals surface area contributed by atoms with E-state index in [0.717, 1.165) is 5.39 Å². The van der Waals surface area contributed by atoms with Crippen molar-refractivity contribution in [3.05, 3.63) is 53.2 Å². The molecule has 136 valence electrons. The van der Waals surface area contributed by atoms with Gasteiger partial charge in [0.25, 0.3) is 0 Å². The van der Waals surface area contributed by atoms with E-state index in [-0.39, 0.29) is 18.1 Å². The van der Waals surface area contributed by atoms with E-state index in [1.165, 1.54) is 13.2 Å². The van der Waals surface area contributed by atoms with E-state index < -0.39 is 11.9 Å². The van der Waals surface area contributed by atoms with Crippen molar-refractivity contribution in [1.82, 2.24) is 0 Å². The fraction of sp³-hybridized carbons (Fsp3) is 0.263. The summed E-state index contributed by atoms with van der Waals surface area (Å²) in [6.07, 6.45) is 0. The van der Waals surface area contributed by atoms with Gasteiger partial charge in [0, 0.05) is 10.9 Å². The number of carbonyl (C=O) groups is 2. The van der Waals surface area contributed by atoms with Gasteiger partial charge in [-0.1, -0.05) is 0 Å². The fourth-order valence-electron chi connectivity index (χ4n) is 2.52. The summed E-state index contributed by atoms with van der Waals surface area (Å²) in [6, 6.07) is 8.35. The van der Waals surface area contributed by atoms with Crippen LogP contribution in [0.5, 0.6) is 5.75 Å². The maximum Gasteiger partial charge on any atom is 0.375 e. The van der Waals surface area contributed by atoms with Crippen LogP contribution in [0.1, 0.15) is 39.4 Å². The van der Waals surface area contributed by atoms with Crippen molar-refractivity contribution in [3.8, 4) is 5.75 Å². The molecule has 0 radical (unpaired) electrons. The minimum atomic E-state index is -0.618. The van der Waals surface area contributed by atoms with Crippen LogP contribution in [0.4, 0.5) is 0 Å². The molecule has 0 amide bonds. The third-order valence-corrected chi connectivity index (χ3v) is 3.80. The molecule has 2 aromatic heterocycles. The van der Waals surface area contributed by atoms with Crippen LogP contribution in [0.3, 0.4) is 0 Å². The van der Waals surface area contributed by atoms with Gasteiger partial charge in [-0.05, 0) is 44.2 Å². The number of furan rings is 2. The third kappa shape index (κ3) is 3.42. The molecule has 0 bridgehead atoms. The van der Waals surface area contributed by atoms with Gasteiger partial charge in [-0.3, -0.25) is 0 Å². The van der Waals surface area contributed by atoms with Crippen LogP contribution in [-0.2, 0) is 16.1 Å². The van der Waals surface area contributed by atoms with E-state index >= 15 is 0 Å². The van der Waals surface area contributed by atoms with Crippen molar-refractivity contribution in [2.45, 2.75) is 20.5 Å². The molecule has 3 aromatic rings. The lowest BCUT2D eigenvalue weighted by molar-refractivity contribution is 0.0405. The molecule has 7 heteroatoms. The van der Waals surface area contributed by atoms with Gasteiger partial charge in [0.2, 0.25) is 11.5 Å². The predicted molar refractivity (Wildman–Crippen MR) is 91.3 cm³/mol. The Kier molecular flexibility index (Phi) is 4.97. The van der Waals surface area contributed by atoms with Gasteiger partial charge in [-0.25, -0.2) is 9.59 Å². The van der Waals surface area contributed by atoms with Crippen LogP contribution >= 0.6 is 0 Å². The molecule has 0 spiro atoms. The van der Waals surface area contributed by atoms with Crippen LogP contribution in [0.25, 0.3) is 11.0 Å². The number of methoxy groups -OCH3 is 1. The molecule has 0 atom stereocenters. The van der Waals surface area contributed by atoms with E-state index in [1.54, 1.807) is 25.1 Å². The highest BCUT2D eigenvalue weighted by Crippen LogP contribution is 2.29. The highest BCUT2D eigenvalue weighted by Gasteiger charge is 2.20. The zero-order chi connectivity index (χ0) is 18.7. The molecule has 0 saturated heterocycles. The van der Waals surface area contributed by atoms with Crippen molar-refractivity contribution < 1.29 is 32.6 Å². The second-order valence-electron chi connectivity index (χ2n) is 5.48.